The van der Waals surface area contributed by atoms with Crippen LogP contribution in [0.1, 0.15) is 45.4 Å². The van der Waals surface area contributed by atoms with E-state index in [0.717, 1.165) is 64.8 Å². The Labute approximate surface area is 133 Å². The molecule has 1 fully saturated rings. The van der Waals surface area contributed by atoms with Gasteiger partial charge in [0, 0.05) is 19.7 Å². The summed E-state index contributed by atoms with van der Waals surface area (Å²) in [6.07, 6.45) is 5.75. The van der Waals surface area contributed by atoms with Crippen LogP contribution >= 0.6 is 0 Å². The second-order valence-electron chi connectivity index (χ2n) is 6.06. The molecule has 0 saturated heterocycles. The Morgan fingerprint density at radius 1 is 1.23 bits per heavy atom. The first-order valence-electron chi connectivity index (χ1n) is 8.57. The van der Waals surface area contributed by atoms with Gasteiger partial charge in [0.2, 0.25) is 0 Å². The van der Waals surface area contributed by atoms with Gasteiger partial charge in [-0.1, -0.05) is 6.92 Å². The Bertz CT molecular complexity index is 294. The van der Waals surface area contributed by atoms with Gasteiger partial charge in [0.15, 0.2) is 0 Å². The van der Waals surface area contributed by atoms with E-state index in [4.69, 9.17) is 14.9 Å². The Hall–Kier alpha value is -0.850. The molecule has 130 valence electrons. The number of amides is 1. The van der Waals surface area contributed by atoms with Gasteiger partial charge in [0.25, 0.3) is 0 Å². The number of hydrogen-bond acceptors (Lipinski definition) is 4. The third kappa shape index (κ3) is 8.56. The first kappa shape index (κ1) is 19.2. The zero-order chi connectivity index (χ0) is 16.2. The molecule has 6 heteroatoms. The van der Waals surface area contributed by atoms with Gasteiger partial charge in [0.05, 0.1) is 12.7 Å². The minimum Gasteiger partial charge on any atom is -0.465 e. The summed E-state index contributed by atoms with van der Waals surface area (Å²) < 4.78 is 5.93. The molecule has 0 aromatic carbocycles. The first-order chi connectivity index (χ1) is 10.7. The average molecular weight is 316 g/mol. The van der Waals surface area contributed by atoms with E-state index in [1.807, 2.05) is 0 Å². The van der Waals surface area contributed by atoms with E-state index in [2.05, 4.69) is 17.1 Å². The summed E-state index contributed by atoms with van der Waals surface area (Å²) in [5.41, 5.74) is 0. The highest BCUT2D eigenvalue weighted by Gasteiger charge is 2.21. The SMILES string of the molecule is CCN(CCO)CCCCO[C@H]1CC[C@H](CNC(=O)O)CC1. The van der Waals surface area contributed by atoms with E-state index in [-0.39, 0.29) is 6.61 Å². The Balaban J connectivity index is 1.99. The van der Waals surface area contributed by atoms with Crippen LogP contribution in [0, 0.1) is 5.92 Å². The predicted molar refractivity (Wildman–Crippen MR) is 86.2 cm³/mol. The van der Waals surface area contributed by atoms with Gasteiger partial charge in [-0.15, -0.1) is 0 Å². The van der Waals surface area contributed by atoms with E-state index in [1.165, 1.54) is 0 Å². The Morgan fingerprint density at radius 3 is 2.55 bits per heavy atom. The lowest BCUT2D eigenvalue weighted by Gasteiger charge is -2.28. The monoisotopic (exact) mass is 316 g/mol. The molecule has 0 radical (unpaired) electrons. The summed E-state index contributed by atoms with van der Waals surface area (Å²) in [5.74, 6) is 0.465. The van der Waals surface area contributed by atoms with Crippen molar-refractivity contribution in [1.29, 1.82) is 0 Å². The second kappa shape index (κ2) is 11.7. The van der Waals surface area contributed by atoms with Gasteiger partial charge in [-0.25, -0.2) is 4.79 Å². The molecule has 1 rings (SSSR count). The van der Waals surface area contributed by atoms with Crippen LogP contribution in [-0.2, 0) is 4.74 Å². The number of nitrogens with one attached hydrogen (secondary N) is 1. The maximum atomic E-state index is 10.5. The largest absolute Gasteiger partial charge is 0.465 e. The van der Waals surface area contributed by atoms with Crippen molar-refractivity contribution in [2.75, 3.05) is 39.4 Å². The highest BCUT2D eigenvalue weighted by Crippen LogP contribution is 2.25. The van der Waals surface area contributed by atoms with Crippen LogP contribution < -0.4 is 5.32 Å². The zero-order valence-corrected chi connectivity index (χ0v) is 13.8. The number of ether oxygens (including phenoxy) is 1. The maximum Gasteiger partial charge on any atom is 0.404 e. The number of nitrogens with zero attached hydrogens (tertiary/aromatic N) is 1. The number of rotatable bonds is 11. The molecule has 0 aromatic heterocycles. The molecule has 0 atom stereocenters. The van der Waals surface area contributed by atoms with Crippen molar-refractivity contribution in [2.45, 2.75) is 51.6 Å². The lowest BCUT2D eigenvalue weighted by Crippen LogP contribution is -2.32. The zero-order valence-electron chi connectivity index (χ0n) is 13.8. The van der Waals surface area contributed by atoms with Gasteiger partial charge in [-0.2, -0.15) is 0 Å². The van der Waals surface area contributed by atoms with Crippen LogP contribution in [0.2, 0.25) is 0 Å². The molecule has 1 aliphatic rings. The Morgan fingerprint density at radius 2 is 1.95 bits per heavy atom. The standard InChI is InChI=1S/C16H32N2O4/c1-2-18(10-11-19)9-3-4-12-22-15-7-5-14(6-8-15)13-17-16(20)21/h14-15,17,19H,2-13H2,1H3,(H,20,21)/t14-,15-. The minimum absolute atomic E-state index is 0.227. The number of carbonyl (C=O) groups is 1. The van der Waals surface area contributed by atoms with Crippen LogP contribution in [0.4, 0.5) is 4.79 Å². The number of aliphatic hydroxyl groups is 1. The van der Waals surface area contributed by atoms with Gasteiger partial charge in [-0.3, -0.25) is 0 Å². The van der Waals surface area contributed by atoms with Crippen LogP contribution in [0.15, 0.2) is 0 Å². The molecule has 3 N–H and O–H groups in total. The van der Waals surface area contributed by atoms with E-state index in [1.54, 1.807) is 0 Å². The molecule has 0 spiro atoms. The minimum atomic E-state index is -0.930. The summed E-state index contributed by atoms with van der Waals surface area (Å²) in [7, 11) is 0. The number of hydrogen-bond donors (Lipinski definition) is 3. The molecule has 1 saturated carbocycles. The number of likely N-dealkylation sites (N-methyl/N-ethyl adjacent to an activating group) is 1. The van der Waals surface area contributed by atoms with Crippen LogP contribution in [0.5, 0.6) is 0 Å². The summed E-state index contributed by atoms with van der Waals surface area (Å²) in [5, 5.41) is 20.0. The predicted octanol–water partition coefficient (Wildman–Crippen LogP) is 1.92. The topological polar surface area (TPSA) is 82.0 Å². The first-order valence-corrected chi connectivity index (χ1v) is 8.57. The molecule has 0 aromatic rings. The normalized spacial score (nSPS) is 22.0. The molecular formula is C16H32N2O4. The second-order valence-corrected chi connectivity index (χ2v) is 6.06. The highest BCUT2D eigenvalue weighted by molar-refractivity contribution is 5.64. The van der Waals surface area contributed by atoms with Gasteiger partial charge in [-0.05, 0) is 57.5 Å². The van der Waals surface area contributed by atoms with Gasteiger partial charge >= 0.3 is 6.09 Å². The smallest absolute Gasteiger partial charge is 0.404 e. The summed E-state index contributed by atoms with van der Waals surface area (Å²) >= 11 is 0. The van der Waals surface area contributed by atoms with E-state index in [0.29, 0.717) is 18.6 Å². The van der Waals surface area contributed by atoms with Gasteiger partial charge in [0.1, 0.15) is 0 Å². The van der Waals surface area contributed by atoms with Crippen LogP contribution in [0.25, 0.3) is 0 Å². The van der Waals surface area contributed by atoms with Crippen LogP contribution in [-0.4, -0.2) is 66.7 Å². The van der Waals surface area contributed by atoms with Crippen LogP contribution in [0.3, 0.4) is 0 Å². The van der Waals surface area contributed by atoms with Crippen molar-refractivity contribution in [3.63, 3.8) is 0 Å². The lowest BCUT2D eigenvalue weighted by molar-refractivity contribution is 0.0156. The molecule has 6 nitrogen and oxygen atoms in total. The molecule has 0 bridgehead atoms. The summed E-state index contributed by atoms with van der Waals surface area (Å²) in [4.78, 5) is 12.7. The van der Waals surface area contributed by atoms with E-state index < -0.39 is 6.09 Å². The molecule has 0 unspecified atom stereocenters. The number of aliphatic hydroxyl groups excluding tert-OH is 1. The van der Waals surface area contributed by atoms with E-state index in [9.17, 15) is 4.79 Å². The fraction of sp³-hybridized carbons (Fsp3) is 0.938. The lowest BCUT2D eigenvalue weighted by atomic mass is 9.87. The van der Waals surface area contributed by atoms with E-state index >= 15 is 0 Å². The van der Waals surface area contributed by atoms with Crippen molar-refractivity contribution in [1.82, 2.24) is 10.2 Å². The fourth-order valence-electron chi connectivity index (χ4n) is 2.99. The van der Waals surface area contributed by atoms with Crippen molar-refractivity contribution in [3.8, 4) is 0 Å². The third-order valence-corrected chi connectivity index (χ3v) is 4.42. The fourth-order valence-corrected chi connectivity index (χ4v) is 2.99. The molecule has 1 amide bonds. The molecule has 0 heterocycles. The third-order valence-electron chi connectivity index (χ3n) is 4.42. The molecule has 22 heavy (non-hydrogen) atoms. The Kier molecular flexibility index (Phi) is 10.2. The molecular weight excluding hydrogens is 284 g/mol. The van der Waals surface area contributed by atoms with Crippen molar-refractivity contribution < 1.29 is 19.7 Å². The van der Waals surface area contributed by atoms with Crippen molar-refractivity contribution >= 4 is 6.09 Å². The highest BCUT2D eigenvalue weighted by atomic mass is 16.5. The van der Waals surface area contributed by atoms with Crippen molar-refractivity contribution in [3.05, 3.63) is 0 Å². The number of unbranched alkanes of at least 4 members (excludes halogenated alkanes) is 1. The summed E-state index contributed by atoms with van der Waals surface area (Å²) in [6, 6.07) is 0. The molecule has 1 aliphatic carbocycles. The molecule has 0 aliphatic heterocycles. The van der Waals surface area contributed by atoms with Crippen molar-refractivity contribution in [2.24, 2.45) is 5.92 Å². The number of carboxylic acid groups (broad SMARTS) is 1. The van der Waals surface area contributed by atoms with Gasteiger partial charge < -0.3 is 25.2 Å². The average Bonchev–Trinajstić information content (AvgIpc) is 2.52. The quantitative estimate of drug-likeness (QED) is 0.507. The summed E-state index contributed by atoms with van der Waals surface area (Å²) in [6.45, 7) is 6.48. The maximum absolute atomic E-state index is 10.5.